The van der Waals surface area contributed by atoms with Crippen molar-refractivity contribution in [2.75, 3.05) is 6.54 Å². The fourth-order valence-corrected chi connectivity index (χ4v) is 5.13. The predicted molar refractivity (Wildman–Crippen MR) is 151 cm³/mol. The molecular formula is C33H30N4O2. The lowest BCUT2D eigenvalue weighted by molar-refractivity contribution is 0.0766. The zero-order valence-electron chi connectivity index (χ0n) is 22.1. The van der Waals surface area contributed by atoms with Crippen LogP contribution in [0.3, 0.4) is 0 Å². The molecule has 0 bridgehead atoms. The summed E-state index contributed by atoms with van der Waals surface area (Å²) in [5.41, 5.74) is 10.1. The van der Waals surface area contributed by atoms with Crippen LogP contribution < -0.4 is 5.73 Å². The summed E-state index contributed by atoms with van der Waals surface area (Å²) >= 11 is 0. The molecule has 4 aromatic rings. The molecule has 1 fully saturated rings. The average molecular weight is 515 g/mol. The smallest absolute Gasteiger partial charge is 0.254 e. The zero-order chi connectivity index (χ0) is 27.4. The maximum Gasteiger partial charge on any atom is 0.254 e. The van der Waals surface area contributed by atoms with Crippen LogP contribution in [0.4, 0.5) is 0 Å². The second-order valence-electron chi connectivity index (χ2n) is 10.1. The summed E-state index contributed by atoms with van der Waals surface area (Å²) in [7, 11) is 0. The second kappa shape index (κ2) is 11.0. The lowest BCUT2D eigenvalue weighted by Gasteiger charge is -2.22. The lowest BCUT2D eigenvalue weighted by Crippen LogP contribution is -2.35. The molecule has 6 nitrogen and oxygen atoms in total. The number of benzene rings is 3. The number of aromatic nitrogens is 1. The lowest BCUT2D eigenvalue weighted by atomic mass is 9.92. The van der Waals surface area contributed by atoms with Crippen LogP contribution in [0.15, 0.2) is 83.4 Å². The Labute approximate surface area is 229 Å². The number of hydrogen-bond donors (Lipinski definition) is 1. The molecule has 1 amide bonds. The Bertz CT molecular complexity index is 1600. The fourth-order valence-electron chi connectivity index (χ4n) is 5.13. The Balaban J connectivity index is 1.56. The van der Waals surface area contributed by atoms with Gasteiger partial charge < -0.3 is 15.1 Å². The first-order chi connectivity index (χ1) is 18.9. The normalized spacial score (nSPS) is 16.2. The van der Waals surface area contributed by atoms with Crippen molar-refractivity contribution in [1.82, 2.24) is 9.88 Å². The van der Waals surface area contributed by atoms with E-state index < -0.39 is 5.54 Å². The van der Waals surface area contributed by atoms with E-state index in [1.807, 2.05) is 72.5 Å². The Morgan fingerprint density at radius 3 is 2.64 bits per heavy atom. The van der Waals surface area contributed by atoms with E-state index in [0.29, 0.717) is 41.3 Å². The van der Waals surface area contributed by atoms with E-state index in [-0.39, 0.29) is 11.9 Å². The van der Waals surface area contributed by atoms with E-state index in [4.69, 9.17) is 10.2 Å². The van der Waals surface area contributed by atoms with Gasteiger partial charge in [0.05, 0.1) is 29.4 Å². The molecule has 2 atom stereocenters. The number of nitrogens with zero attached hydrogens (tertiary/aromatic N) is 3. The van der Waals surface area contributed by atoms with Gasteiger partial charge in [-0.25, -0.2) is 4.98 Å². The van der Waals surface area contributed by atoms with E-state index in [2.05, 4.69) is 22.9 Å². The molecule has 0 aliphatic carbocycles. The standard InChI is InChI=1S/C33H30N4O2/c1-3-10-28-14-9-16-37(28)32(38)27-18-25(29-15-8-7-13-24(29)21-34)17-26(19-27)31-36-22-30(39-31)33(2,35)20-23-11-5-4-6-12-23/h4-8,11-13,15,17-19,22,28H,9,14,16,20,35H2,1-2H3/t28-,33+/m0/s1. The van der Waals surface area contributed by atoms with Crippen molar-refractivity contribution in [3.63, 3.8) is 0 Å². The molecule has 0 unspecified atom stereocenters. The van der Waals surface area contributed by atoms with Crippen LogP contribution in [-0.4, -0.2) is 28.4 Å². The number of rotatable bonds is 6. The molecule has 39 heavy (non-hydrogen) atoms. The number of amides is 1. The summed E-state index contributed by atoms with van der Waals surface area (Å²) in [4.78, 5) is 20.1. The minimum absolute atomic E-state index is 0.0997. The van der Waals surface area contributed by atoms with Crippen LogP contribution >= 0.6 is 0 Å². The summed E-state index contributed by atoms with van der Waals surface area (Å²) < 4.78 is 6.23. The van der Waals surface area contributed by atoms with Gasteiger partial charge in [-0.3, -0.25) is 4.79 Å². The number of carbonyl (C=O) groups is 1. The Hall–Kier alpha value is -4.65. The van der Waals surface area contributed by atoms with Gasteiger partial charge in [-0.05, 0) is 74.1 Å². The van der Waals surface area contributed by atoms with Crippen LogP contribution in [0, 0.1) is 23.2 Å². The topological polar surface area (TPSA) is 96.2 Å². The average Bonchev–Trinajstić information content (AvgIpc) is 3.64. The first-order valence-corrected chi connectivity index (χ1v) is 13.1. The van der Waals surface area contributed by atoms with Gasteiger partial charge in [-0.15, -0.1) is 5.92 Å². The van der Waals surface area contributed by atoms with E-state index in [1.165, 1.54) is 0 Å². The molecule has 6 heteroatoms. The molecule has 0 spiro atoms. The number of hydrogen-bond acceptors (Lipinski definition) is 5. The molecule has 194 valence electrons. The number of nitrogens with two attached hydrogens (primary N) is 1. The summed E-state index contributed by atoms with van der Waals surface area (Å²) in [6, 6.07) is 25.0. The van der Waals surface area contributed by atoms with Gasteiger partial charge in [0.2, 0.25) is 5.89 Å². The van der Waals surface area contributed by atoms with E-state index >= 15 is 0 Å². The SMILES string of the molecule is CC#C[C@H]1CCCN1C(=O)c1cc(-c2ncc([C@](C)(N)Cc3ccccc3)o2)cc(-c2ccccc2C#N)c1. The van der Waals surface area contributed by atoms with Crippen molar-refractivity contribution >= 4 is 5.91 Å². The molecule has 2 heterocycles. The summed E-state index contributed by atoms with van der Waals surface area (Å²) in [6.45, 7) is 4.36. The summed E-state index contributed by atoms with van der Waals surface area (Å²) in [5, 5.41) is 9.74. The highest BCUT2D eigenvalue weighted by Crippen LogP contribution is 2.33. The zero-order valence-corrected chi connectivity index (χ0v) is 22.1. The number of carbonyl (C=O) groups excluding carboxylic acids is 1. The number of nitriles is 1. The van der Waals surface area contributed by atoms with Gasteiger partial charge in [-0.1, -0.05) is 54.5 Å². The van der Waals surface area contributed by atoms with Gasteiger partial charge in [0.15, 0.2) is 0 Å². The third-order valence-electron chi connectivity index (χ3n) is 7.09. The van der Waals surface area contributed by atoms with Crippen molar-refractivity contribution in [1.29, 1.82) is 5.26 Å². The summed E-state index contributed by atoms with van der Waals surface area (Å²) in [6.07, 6.45) is 4.00. The van der Waals surface area contributed by atoms with E-state index in [0.717, 1.165) is 29.5 Å². The van der Waals surface area contributed by atoms with Crippen LogP contribution in [-0.2, 0) is 12.0 Å². The first kappa shape index (κ1) is 26.0. The van der Waals surface area contributed by atoms with E-state index in [9.17, 15) is 10.1 Å². The van der Waals surface area contributed by atoms with Crippen molar-refractivity contribution < 1.29 is 9.21 Å². The molecule has 1 saturated heterocycles. The molecule has 2 N–H and O–H groups in total. The monoisotopic (exact) mass is 514 g/mol. The van der Waals surface area contributed by atoms with Gasteiger partial charge in [-0.2, -0.15) is 5.26 Å². The number of oxazole rings is 1. The van der Waals surface area contributed by atoms with E-state index in [1.54, 1.807) is 25.3 Å². The molecule has 3 aromatic carbocycles. The van der Waals surface area contributed by atoms with Gasteiger partial charge in [0.25, 0.3) is 5.91 Å². The second-order valence-corrected chi connectivity index (χ2v) is 10.1. The third kappa shape index (κ3) is 5.48. The predicted octanol–water partition coefficient (Wildman–Crippen LogP) is 5.92. The highest BCUT2D eigenvalue weighted by atomic mass is 16.4. The number of likely N-dealkylation sites (tertiary alicyclic amines) is 1. The van der Waals surface area contributed by atoms with Crippen molar-refractivity contribution in [3.8, 4) is 40.5 Å². The molecule has 1 aliphatic rings. The molecular weight excluding hydrogens is 484 g/mol. The maximum atomic E-state index is 13.7. The molecule has 1 aromatic heterocycles. The minimum atomic E-state index is -0.780. The van der Waals surface area contributed by atoms with Gasteiger partial charge in [0.1, 0.15) is 5.76 Å². The first-order valence-electron chi connectivity index (χ1n) is 13.1. The third-order valence-corrected chi connectivity index (χ3v) is 7.09. The Morgan fingerprint density at radius 1 is 1.13 bits per heavy atom. The molecule has 1 aliphatic heterocycles. The molecule has 0 radical (unpaired) electrons. The maximum absolute atomic E-state index is 13.7. The molecule has 5 rings (SSSR count). The van der Waals surface area contributed by atoms with Crippen LogP contribution in [0.1, 0.15) is 53.9 Å². The quantitative estimate of drug-likeness (QED) is 0.322. The van der Waals surface area contributed by atoms with Gasteiger partial charge in [0, 0.05) is 17.7 Å². The van der Waals surface area contributed by atoms with Crippen LogP contribution in [0.25, 0.3) is 22.6 Å². The summed E-state index contributed by atoms with van der Waals surface area (Å²) in [5.74, 6) is 6.93. The highest BCUT2D eigenvalue weighted by Gasteiger charge is 2.30. The Kier molecular flexibility index (Phi) is 7.32. The largest absolute Gasteiger partial charge is 0.439 e. The van der Waals surface area contributed by atoms with Crippen molar-refractivity contribution in [2.45, 2.75) is 44.7 Å². The van der Waals surface area contributed by atoms with Crippen molar-refractivity contribution in [3.05, 3.63) is 101 Å². The van der Waals surface area contributed by atoms with Gasteiger partial charge >= 0.3 is 0 Å². The minimum Gasteiger partial charge on any atom is -0.439 e. The van der Waals surface area contributed by atoms with Crippen LogP contribution in [0.2, 0.25) is 0 Å². The van der Waals surface area contributed by atoms with Crippen LogP contribution in [0.5, 0.6) is 0 Å². The highest BCUT2D eigenvalue weighted by molar-refractivity contribution is 5.97. The fraction of sp³-hybridized carbons (Fsp3) is 0.242. The van der Waals surface area contributed by atoms with Crippen molar-refractivity contribution in [2.24, 2.45) is 5.73 Å². The molecule has 0 saturated carbocycles. The Morgan fingerprint density at radius 2 is 1.87 bits per heavy atom.